The first-order chi connectivity index (χ1) is 8.46. The molecule has 0 bridgehead atoms. The first-order valence-corrected chi connectivity index (χ1v) is 5.05. The Morgan fingerprint density at radius 2 is 2.11 bits per heavy atom. The van der Waals surface area contributed by atoms with E-state index in [1.807, 2.05) is 0 Å². The molecular weight excluding hydrogens is 249 g/mol. The standard InChI is InChI=1S/C10H9F3N4O/c11-10(12,13)3-1-8-16-9(18-17-8)6-2-4-15-5-7(6)14/h2,4-5H,1,3,14H2. The van der Waals surface area contributed by atoms with E-state index in [0.717, 1.165) is 0 Å². The smallest absolute Gasteiger partial charge is 0.389 e. The first kappa shape index (κ1) is 12.3. The van der Waals surface area contributed by atoms with Crippen molar-refractivity contribution in [3.8, 4) is 11.5 Å². The van der Waals surface area contributed by atoms with E-state index in [9.17, 15) is 13.2 Å². The molecule has 8 heteroatoms. The van der Waals surface area contributed by atoms with Gasteiger partial charge >= 0.3 is 6.18 Å². The van der Waals surface area contributed by atoms with Gasteiger partial charge in [-0.1, -0.05) is 5.16 Å². The van der Waals surface area contributed by atoms with Crippen molar-refractivity contribution < 1.29 is 17.7 Å². The van der Waals surface area contributed by atoms with Crippen molar-refractivity contribution in [3.05, 3.63) is 24.3 Å². The number of nitrogen functional groups attached to an aromatic ring is 1. The van der Waals surface area contributed by atoms with Gasteiger partial charge in [-0.25, -0.2) is 0 Å². The Bertz CT molecular complexity index is 538. The van der Waals surface area contributed by atoms with E-state index in [4.69, 9.17) is 10.3 Å². The molecule has 0 amide bonds. The lowest BCUT2D eigenvalue weighted by molar-refractivity contribution is -0.134. The number of rotatable bonds is 3. The Morgan fingerprint density at radius 1 is 1.33 bits per heavy atom. The predicted octanol–water partition coefficient (Wildman–Crippen LogP) is 2.21. The maximum atomic E-state index is 12.0. The summed E-state index contributed by atoms with van der Waals surface area (Å²) in [5.41, 5.74) is 6.41. The number of hydrogen-bond donors (Lipinski definition) is 1. The minimum Gasteiger partial charge on any atom is -0.397 e. The Hall–Kier alpha value is -2.12. The van der Waals surface area contributed by atoms with Gasteiger partial charge in [-0.3, -0.25) is 4.98 Å². The zero-order valence-corrected chi connectivity index (χ0v) is 9.11. The van der Waals surface area contributed by atoms with E-state index in [1.165, 1.54) is 12.4 Å². The summed E-state index contributed by atoms with van der Waals surface area (Å²) in [6, 6.07) is 1.55. The molecule has 2 N–H and O–H groups in total. The molecule has 2 rings (SSSR count). The fourth-order valence-corrected chi connectivity index (χ4v) is 1.32. The molecule has 0 saturated heterocycles. The van der Waals surface area contributed by atoms with E-state index >= 15 is 0 Å². The largest absolute Gasteiger partial charge is 0.397 e. The Kier molecular flexibility index (Phi) is 3.17. The van der Waals surface area contributed by atoms with Crippen LogP contribution in [-0.2, 0) is 6.42 Å². The summed E-state index contributed by atoms with van der Waals surface area (Å²) in [6.07, 6.45) is -2.67. The van der Waals surface area contributed by atoms with Crippen molar-refractivity contribution in [1.82, 2.24) is 15.1 Å². The van der Waals surface area contributed by atoms with Crippen LogP contribution >= 0.6 is 0 Å². The van der Waals surface area contributed by atoms with E-state index < -0.39 is 12.6 Å². The molecule has 2 aromatic heterocycles. The zero-order valence-electron chi connectivity index (χ0n) is 9.11. The predicted molar refractivity (Wildman–Crippen MR) is 56.3 cm³/mol. The molecule has 0 aromatic carbocycles. The van der Waals surface area contributed by atoms with E-state index in [-0.39, 0.29) is 18.1 Å². The first-order valence-electron chi connectivity index (χ1n) is 5.05. The third-order valence-corrected chi connectivity index (χ3v) is 2.18. The normalized spacial score (nSPS) is 11.7. The number of hydrogen-bond acceptors (Lipinski definition) is 5. The minimum absolute atomic E-state index is 0.00135. The van der Waals surface area contributed by atoms with Gasteiger partial charge in [0.1, 0.15) is 0 Å². The third kappa shape index (κ3) is 2.96. The summed E-state index contributed by atoms with van der Waals surface area (Å²) >= 11 is 0. The van der Waals surface area contributed by atoms with Crippen LogP contribution in [0.4, 0.5) is 18.9 Å². The summed E-state index contributed by atoms with van der Waals surface area (Å²) in [5, 5.41) is 3.47. The van der Waals surface area contributed by atoms with E-state index in [0.29, 0.717) is 11.3 Å². The minimum atomic E-state index is -4.24. The zero-order chi connectivity index (χ0) is 13.2. The van der Waals surface area contributed by atoms with Gasteiger partial charge < -0.3 is 10.3 Å². The molecule has 0 spiro atoms. The van der Waals surface area contributed by atoms with Crippen molar-refractivity contribution in [2.24, 2.45) is 0 Å². The molecule has 0 fully saturated rings. The van der Waals surface area contributed by atoms with Crippen LogP contribution in [0, 0.1) is 0 Å². The molecule has 2 heterocycles. The molecule has 18 heavy (non-hydrogen) atoms. The van der Waals surface area contributed by atoms with Crippen LogP contribution in [0.2, 0.25) is 0 Å². The number of alkyl halides is 3. The highest BCUT2D eigenvalue weighted by Crippen LogP contribution is 2.25. The number of nitrogens with zero attached hydrogens (tertiary/aromatic N) is 3. The van der Waals surface area contributed by atoms with Gasteiger partial charge in [0.15, 0.2) is 5.82 Å². The van der Waals surface area contributed by atoms with Crippen LogP contribution in [0.1, 0.15) is 12.2 Å². The number of pyridine rings is 1. The van der Waals surface area contributed by atoms with Crippen molar-refractivity contribution >= 4 is 5.69 Å². The summed E-state index contributed by atoms with van der Waals surface area (Å²) in [4.78, 5) is 7.64. The molecular formula is C10H9F3N4O. The maximum absolute atomic E-state index is 12.0. The molecule has 0 aliphatic carbocycles. The second-order valence-corrected chi connectivity index (χ2v) is 3.59. The SMILES string of the molecule is Nc1cnccc1-c1nc(CCC(F)(F)F)no1. The summed E-state index contributed by atoms with van der Waals surface area (Å²) in [7, 11) is 0. The molecule has 0 aliphatic heterocycles. The van der Waals surface area contributed by atoms with Crippen LogP contribution < -0.4 is 5.73 Å². The summed E-state index contributed by atoms with van der Waals surface area (Å²) in [5.74, 6) is 0.0885. The molecule has 0 atom stereocenters. The quantitative estimate of drug-likeness (QED) is 0.913. The number of aromatic nitrogens is 3. The van der Waals surface area contributed by atoms with Crippen molar-refractivity contribution in [3.63, 3.8) is 0 Å². The van der Waals surface area contributed by atoms with Crippen LogP contribution in [0.25, 0.3) is 11.5 Å². The second kappa shape index (κ2) is 4.63. The lowest BCUT2D eigenvalue weighted by atomic mass is 10.2. The van der Waals surface area contributed by atoms with Crippen LogP contribution in [0.3, 0.4) is 0 Å². The maximum Gasteiger partial charge on any atom is 0.389 e. The van der Waals surface area contributed by atoms with Gasteiger partial charge in [-0.2, -0.15) is 18.2 Å². The Balaban J connectivity index is 2.14. The summed E-state index contributed by atoms with van der Waals surface area (Å²) in [6.45, 7) is 0. The molecule has 0 saturated carbocycles. The number of aryl methyl sites for hydroxylation is 1. The third-order valence-electron chi connectivity index (χ3n) is 2.18. The fourth-order valence-electron chi connectivity index (χ4n) is 1.32. The van der Waals surface area contributed by atoms with Crippen molar-refractivity contribution in [2.75, 3.05) is 5.73 Å². The van der Waals surface area contributed by atoms with Gasteiger partial charge in [-0.15, -0.1) is 0 Å². The van der Waals surface area contributed by atoms with Crippen LogP contribution in [0.5, 0.6) is 0 Å². The number of anilines is 1. The monoisotopic (exact) mass is 258 g/mol. The van der Waals surface area contributed by atoms with Gasteiger partial charge in [-0.05, 0) is 6.07 Å². The highest BCUT2D eigenvalue weighted by atomic mass is 19.4. The lowest BCUT2D eigenvalue weighted by Gasteiger charge is -2.01. The molecule has 5 nitrogen and oxygen atoms in total. The highest BCUT2D eigenvalue weighted by Gasteiger charge is 2.27. The molecule has 96 valence electrons. The van der Waals surface area contributed by atoms with Gasteiger partial charge in [0, 0.05) is 12.6 Å². The second-order valence-electron chi connectivity index (χ2n) is 3.59. The van der Waals surface area contributed by atoms with Gasteiger partial charge in [0.2, 0.25) is 0 Å². The van der Waals surface area contributed by atoms with E-state index in [1.54, 1.807) is 6.07 Å². The molecule has 2 aromatic rings. The van der Waals surface area contributed by atoms with Gasteiger partial charge in [0.25, 0.3) is 5.89 Å². The van der Waals surface area contributed by atoms with E-state index in [2.05, 4.69) is 15.1 Å². The molecule has 0 aliphatic rings. The van der Waals surface area contributed by atoms with Gasteiger partial charge in [0.05, 0.1) is 23.9 Å². The topological polar surface area (TPSA) is 77.8 Å². The van der Waals surface area contributed by atoms with Crippen LogP contribution in [-0.4, -0.2) is 21.3 Å². The highest BCUT2D eigenvalue weighted by molar-refractivity contribution is 5.68. The average molecular weight is 258 g/mol. The number of nitrogens with two attached hydrogens (primary N) is 1. The molecule has 0 unspecified atom stereocenters. The Morgan fingerprint density at radius 3 is 2.78 bits per heavy atom. The Labute approximate surface area is 99.8 Å². The fraction of sp³-hybridized carbons (Fsp3) is 0.300. The van der Waals surface area contributed by atoms with Crippen molar-refractivity contribution in [2.45, 2.75) is 19.0 Å². The lowest BCUT2D eigenvalue weighted by Crippen LogP contribution is -2.09. The average Bonchev–Trinajstić information content (AvgIpc) is 2.75. The van der Waals surface area contributed by atoms with Crippen LogP contribution in [0.15, 0.2) is 23.0 Å². The summed E-state index contributed by atoms with van der Waals surface area (Å²) < 4.78 is 40.9. The van der Waals surface area contributed by atoms with Crippen molar-refractivity contribution in [1.29, 1.82) is 0 Å². The number of halogens is 3. The molecule has 0 radical (unpaired) electrons.